The van der Waals surface area contributed by atoms with Crippen molar-refractivity contribution in [1.82, 2.24) is 0 Å². The Labute approximate surface area is 86.8 Å². The van der Waals surface area contributed by atoms with Crippen molar-refractivity contribution in [3.05, 3.63) is 29.8 Å². The van der Waals surface area contributed by atoms with Crippen LogP contribution in [-0.4, -0.2) is 0 Å². The van der Waals surface area contributed by atoms with Crippen molar-refractivity contribution >= 4 is 12.6 Å². The van der Waals surface area contributed by atoms with Crippen LogP contribution in [-0.2, 0) is 0 Å². The maximum absolute atomic E-state index is 4.48. The molecule has 0 nitrogen and oxygen atoms in total. The molecule has 1 aromatic rings. The van der Waals surface area contributed by atoms with E-state index < -0.39 is 0 Å². The summed E-state index contributed by atoms with van der Waals surface area (Å²) in [6, 6.07) is 8.43. The molecule has 0 aliphatic rings. The van der Waals surface area contributed by atoms with Gasteiger partial charge in [-0.2, -0.15) is 0 Å². The number of rotatable bonds is 4. The zero-order valence-corrected chi connectivity index (χ0v) is 9.35. The molecular formula is C12H18S. The van der Waals surface area contributed by atoms with Gasteiger partial charge < -0.3 is 0 Å². The second kappa shape index (κ2) is 5.33. The van der Waals surface area contributed by atoms with Crippen LogP contribution in [0.1, 0.15) is 44.6 Å². The van der Waals surface area contributed by atoms with E-state index >= 15 is 0 Å². The number of hydrogen-bond donors (Lipinski definition) is 1. The Kier molecular flexibility index (Phi) is 4.37. The number of thiol groups is 1. The van der Waals surface area contributed by atoms with Crippen LogP contribution >= 0.6 is 12.6 Å². The van der Waals surface area contributed by atoms with Gasteiger partial charge in [0.2, 0.25) is 0 Å². The lowest BCUT2D eigenvalue weighted by Crippen LogP contribution is -1.97. The van der Waals surface area contributed by atoms with Crippen molar-refractivity contribution in [3.63, 3.8) is 0 Å². The van der Waals surface area contributed by atoms with Crippen LogP contribution in [0.5, 0.6) is 0 Å². The average Bonchev–Trinajstić information content (AvgIpc) is 2.16. The highest BCUT2D eigenvalue weighted by Gasteiger charge is 2.09. The van der Waals surface area contributed by atoms with Gasteiger partial charge in [0, 0.05) is 4.90 Å². The van der Waals surface area contributed by atoms with E-state index in [2.05, 4.69) is 44.7 Å². The lowest BCUT2D eigenvalue weighted by Gasteiger charge is -2.15. The Morgan fingerprint density at radius 1 is 1.23 bits per heavy atom. The molecule has 0 N–H and O–H groups in total. The topological polar surface area (TPSA) is 0 Å². The predicted octanol–water partition coefficient (Wildman–Crippen LogP) is 4.27. The molecule has 0 spiro atoms. The Morgan fingerprint density at radius 3 is 2.46 bits per heavy atom. The Balaban J connectivity index is 2.84. The summed E-state index contributed by atoms with van der Waals surface area (Å²) < 4.78 is 0. The molecule has 1 aromatic carbocycles. The molecule has 0 saturated heterocycles. The third-order valence-corrected chi connectivity index (χ3v) is 2.91. The Morgan fingerprint density at radius 2 is 1.92 bits per heavy atom. The molecule has 0 saturated carbocycles. The van der Waals surface area contributed by atoms with Gasteiger partial charge in [0.15, 0.2) is 0 Å². The first-order chi connectivity index (χ1) is 6.29. The fourth-order valence-electron chi connectivity index (χ4n) is 1.76. The summed E-state index contributed by atoms with van der Waals surface area (Å²) in [5.74, 6) is 0.693. The smallest absolute Gasteiger partial charge is 0.00748 e. The van der Waals surface area contributed by atoms with Gasteiger partial charge in [-0.25, -0.2) is 0 Å². The van der Waals surface area contributed by atoms with Gasteiger partial charge in [-0.1, -0.05) is 38.5 Å². The average molecular weight is 194 g/mol. The molecule has 0 heterocycles. The predicted molar refractivity (Wildman–Crippen MR) is 61.6 cm³/mol. The highest BCUT2D eigenvalue weighted by Crippen LogP contribution is 2.29. The minimum absolute atomic E-state index is 0.693. The van der Waals surface area contributed by atoms with E-state index in [9.17, 15) is 0 Å². The van der Waals surface area contributed by atoms with Crippen molar-refractivity contribution in [2.24, 2.45) is 0 Å². The summed E-state index contributed by atoms with van der Waals surface area (Å²) in [7, 11) is 0. The van der Waals surface area contributed by atoms with Crippen LogP contribution in [0.3, 0.4) is 0 Å². The largest absolute Gasteiger partial charge is 0.143 e. The third-order valence-electron chi connectivity index (χ3n) is 2.51. The Bertz CT molecular complexity index is 255. The lowest BCUT2D eigenvalue weighted by molar-refractivity contribution is 0.588. The van der Waals surface area contributed by atoms with E-state index in [0.717, 1.165) is 4.90 Å². The van der Waals surface area contributed by atoms with E-state index in [4.69, 9.17) is 0 Å². The zero-order chi connectivity index (χ0) is 9.68. The molecule has 1 unspecified atom stereocenters. The van der Waals surface area contributed by atoms with Crippen LogP contribution in [0.25, 0.3) is 0 Å². The molecule has 0 amide bonds. The van der Waals surface area contributed by atoms with Gasteiger partial charge in [0.1, 0.15) is 0 Å². The van der Waals surface area contributed by atoms with Gasteiger partial charge in [-0.15, -0.1) is 12.6 Å². The number of benzene rings is 1. The van der Waals surface area contributed by atoms with Gasteiger partial charge in [0.25, 0.3) is 0 Å². The van der Waals surface area contributed by atoms with Crippen LogP contribution in [0, 0.1) is 0 Å². The molecular weight excluding hydrogens is 176 g/mol. The fraction of sp³-hybridized carbons (Fsp3) is 0.500. The van der Waals surface area contributed by atoms with E-state index in [0.29, 0.717) is 5.92 Å². The van der Waals surface area contributed by atoms with E-state index in [1.54, 1.807) is 0 Å². The lowest BCUT2D eigenvalue weighted by atomic mass is 9.92. The Hall–Kier alpha value is -0.430. The van der Waals surface area contributed by atoms with Crippen LogP contribution in [0.15, 0.2) is 29.2 Å². The summed E-state index contributed by atoms with van der Waals surface area (Å²) in [5, 5.41) is 0. The number of hydrogen-bond acceptors (Lipinski definition) is 1. The molecule has 0 radical (unpaired) electrons. The molecule has 1 heteroatoms. The maximum Gasteiger partial charge on any atom is 0.00748 e. The minimum atomic E-state index is 0.693. The molecule has 0 aliphatic carbocycles. The molecule has 13 heavy (non-hydrogen) atoms. The van der Waals surface area contributed by atoms with Gasteiger partial charge in [-0.05, 0) is 30.4 Å². The van der Waals surface area contributed by atoms with Gasteiger partial charge >= 0.3 is 0 Å². The molecule has 1 rings (SSSR count). The standard InChI is InChI=1S/C12H18S/c1-3-7-10(4-2)11-8-5-6-9-12(11)13/h5-6,8-10,13H,3-4,7H2,1-2H3. The third kappa shape index (κ3) is 2.77. The molecule has 0 bridgehead atoms. The summed E-state index contributed by atoms with van der Waals surface area (Å²) in [4.78, 5) is 1.14. The monoisotopic (exact) mass is 194 g/mol. The highest BCUT2D eigenvalue weighted by atomic mass is 32.1. The maximum atomic E-state index is 4.48. The first-order valence-electron chi connectivity index (χ1n) is 5.07. The molecule has 0 aliphatic heterocycles. The summed E-state index contributed by atoms with van der Waals surface area (Å²) >= 11 is 4.48. The van der Waals surface area contributed by atoms with E-state index in [-0.39, 0.29) is 0 Å². The second-order valence-electron chi connectivity index (χ2n) is 3.45. The molecule has 0 aromatic heterocycles. The van der Waals surface area contributed by atoms with Crippen LogP contribution in [0.4, 0.5) is 0 Å². The van der Waals surface area contributed by atoms with Crippen molar-refractivity contribution in [2.45, 2.75) is 43.9 Å². The summed E-state index contributed by atoms with van der Waals surface area (Å²) in [6.07, 6.45) is 3.74. The first kappa shape index (κ1) is 10.6. The molecule has 0 fully saturated rings. The molecule has 72 valence electrons. The highest BCUT2D eigenvalue weighted by molar-refractivity contribution is 7.80. The SMILES string of the molecule is CCCC(CC)c1ccccc1S. The summed E-state index contributed by atoms with van der Waals surface area (Å²) in [6.45, 7) is 4.49. The van der Waals surface area contributed by atoms with Gasteiger partial charge in [-0.3, -0.25) is 0 Å². The van der Waals surface area contributed by atoms with Crippen LogP contribution in [0.2, 0.25) is 0 Å². The summed E-state index contributed by atoms with van der Waals surface area (Å²) in [5.41, 5.74) is 1.41. The quantitative estimate of drug-likeness (QED) is 0.680. The van der Waals surface area contributed by atoms with E-state index in [1.165, 1.54) is 24.8 Å². The normalized spacial score (nSPS) is 12.8. The second-order valence-corrected chi connectivity index (χ2v) is 3.93. The van der Waals surface area contributed by atoms with Crippen molar-refractivity contribution < 1.29 is 0 Å². The fourth-order valence-corrected chi connectivity index (χ4v) is 2.10. The first-order valence-corrected chi connectivity index (χ1v) is 5.52. The van der Waals surface area contributed by atoms with Crippen molar-refractivity contribution in [3.8, 4) is 0 Å². The van der Waals surface area contributed by atoms with Crippen molar-refractivity contribution in [2.75, 3.05) is 0 Å². The van der Waals surface area contributed by atoms with Crippen molar-refractivity contribution in [1.29, 1.82) is 0 Å². The van der Waals surface area contributed by atoms with E-state index in [1.807, 2.05) is 6.07 Å². The molecule has 1 atom stereocenters. The minimum Gasteiger partial charge on any atom is -0.143 e. The zero-order valence-electron chi connectivity index (χ0n) is 8.46. The van der Waals surface area contributed by atoms with Crippen LogP contribution < -0.4 is 0 Å². The van der Waals surface area contributed by atoms with Gasteiger partial charge in [0.05, 0.1) is 0 Å².